The van der Waals surface area contributed by atoms with Crippen molar-refractivity contribution in [1.29, 1.82) is 0 Å². The lowest BCUT2D eigenvalue weighted by Gasteiger charge is -2.14. The molecule has 1 rings (SSSR count). The highest BCUT2D eigenvalue weighted by molar-refractivity contribution is 7.20. The van der Waals surface area contributed by atoms with Crippen LogP contribution in [0.25, 0.3) is 0 Å². The van der Waals surface area contributed by atoms with Crippen molar-refractivity contribution in [2.45, 2.75) is 19.4 Å². The zero-order valence-corrected chi connectivity index (χ0v) is 10.1. The van der Waals surface area contributed by atoms with E-state index in [2.05, 4.69) is 12.0 Å². The Labute approximate surface area is 97.7 Å². The predicted octanol–water partition coefficient (Wildman–Crippen LogP) is 3.53. The summed E-state index contributed by atoms with van der Waals surface area (Å²) in [6.45, 7) is 5.79. The van der Waals surface area contributed by atoms with Crippen molar-refractivity contribution < 1.29 is 0 Å². The fourth-order valence-electron chi connectivity index (χ4n) is 1.20. The largest absolute Gasteiger partial charge is 0.271 e. The summed E-state index contributed by atoms with van der Waals surface area (Å²) < 4.78 is 1.35. The van der Waals surface area contributed by atoms with Gasteiger partial charge in [-0.15, -0.1) is 17.9 Å². The van der Waals surface area contributed by atoms with Crippen molar-refractivity contribution in [3.8, 4) is 0 Å². The summed E-state index contributed by atoms with van der Waals surface area (Å²) in [5.41, 5.74) is 4.69. The Balaban J connectivity index is 2.88. The summed E-state index contributed by atoms with van der Waals surface area (Å²) in [4.78, 5) is 0. The first-order valence-electron chi connectivity index (χ1n) is 4.09. The highest BCUT2D eigenvalue weighted by Crippen LogP contribution is 2.36. The molecule has 0 bridgehead atoms. The van der Waals surface area contributed by atoms with Gasteiger partial charge in [0.1, 0.15) is 0 Å². The van der Waals surface area contributed by atoms with Crippen LogP contribution in [0.15, 0.2) is 18.2 Å². The van der Waals surface area contributed by atoms with E-state index in [4.69, 9.17) is 29.0 Å². The van der Waals surface area contributed by atoms with Crippen LogP contribution >= 0.6 is 34.5 Å². The van der Waals surface area contributed by atoms with Crippen LogP contribution in [-0.4, -0.2) is 0 Å². The van der Waals surface area contributed by atoms with E-state index in [9.17, 15) is 0 Å². The van der Waals surface area contributed by atoms with Gasteiger partial charge in [0, 0.05) is 5.56 Å². The Kier molecular flexibility index (Phi) is 4.41. The van der Waals surface area contributed by atoms with E-state index in [-0.39, 0.29) is 6.04 Å². The van der Waals surface area contributed by atoms with Gasteiger partial charge in [-0.1, -0.05) is 28.8 Å². The van der Waals surface area contributed by atoms with Crippen LogP contribution in [0.5, 0.6) is 0 Å². The van der Waals surface area contributed by atoms with Crippen molar-refractivity contribution in [1.82, 2.24) is 5.43 Å². The van der Waals surface area contributed by atoms with E-state index < -0.39 is 0 Å². The van der Waals surface area contributed by atoms with Crippen LogP contribution in [0.1, 0.15) is 24.9 Å². The number of nitrogens with one attached hydrogen (secondary N) is 1. The number of hydrogen-bond acceptors (Lipinski definition) is 3. The second-order valence-corrected chi connectivity index (χ2v) is 5.45. The highest BCUT2D eigenvalue weighted by atomic mass is 35.5. The maximum atomic E-state index is 6.01. The lowest BCUT2D eigenvalue weighted by Crippen LogP contribution is -2.28. The van der Waals surface area contributed by atoms with Gasteiger partial charge >= 0.3 is 0 Å². The molecule has 0 saturated heterocycles. The fraction of sp³-hybridized carbons (Fsp3) is 0.333. The molecule has 1 aromatic heterocycles. The number of rotatable bonds is 4. The molecule has 1 unspecified atom stereocenters. The molecule has 3 N–H and O–H groups in total. The molecular formula is C9H12Cl2N2S. The van der Waals surface area contributed by atoms with E-state index in [1.165, 1.54) is 11.3 Å². The third-order valence-corrected chi connectivity index (χ3v) is 3.33. The molecule has 5 heteroatoms. The zero-order valence-electron chi connectivity index (χ0n) is 7.81. The molecule has 1 atom stereocenters. The molecule has 0 fully saturated rings. The summed E-state index contributed by atoms with van der Waals surface area (Å²) in [7, 11) is 0. The first kappa shape index (κ1) is 12.0. The monoisotopic (exact) mass is 250 g/mol. The minimum Gasteiger partial charge on any atom is -0.271 e. The predicted molar refractivity (Wildman–Crippen MR) is 63.8 cm³/mol. The van der Waals surface area contributed by atoms with Crippen LogP contribution in [0.4, 0.5) is 0 Å². The normalized spacial score (nSPS) is 12.9. The average Bonchev–Trinajstić information content (AvgIpc) is 2.41. The molecule has 2 nitrogen and oxygen atoms in total. The van der Waals surface area contributed by atoms with Crippen LogP contribution in [0.2, 0.25) is 8.67 Å². The first-order valence-corrected chi connectivity index (χ1v) is 5.67. The summed E-state index contributed by atoms with van der Waals surface area (Å²) >= 11 is 13.2. The molecule has 0 aliphatic heterocycles. The van der Waals surface area contributed by atoms with E-state index in [0.717, 1.165) is 17.6 Å². The molecule has 78 valence electrons. The number of thiophene rings is 1. The third-order valence-electron chi connectivity index (χ3n) is 1.81. The quantitative estimate of drug-likeness (QED) is 0.488. The Morgan fingerprint density at radius 2 is 2.36 bits per heavy atom. The number of hydrogen-bond donors (Lipinski definition) is 2. The number of nitrogens with two attached hydrogens (primary N) is 1. The molecule has 0 spiro atoms. The zero-order chi connectivity index (χ0) is 10.7. The van der Waals surface area contributed by atoms with Crippen LogP contribution in [-0.2, 0) is 0 Å². The Hall–Kier alpha value is -0.0600. The molecule has 1 aromatic rings. The molecular weight excluding hydrogens is 239 g/mol. The molecule has 0 aliphatic rings. The summed E-state index contributed by atoms with van der Waals surface area (Å²) in [5.74, 6) is 5.44. The SMILES string of the molecule is C=C(C)CC(NN)c1cc(Cl)sc1Cl. The van der Waals surface area contributed by atoms with E-state index in [0.29, 0.717) is 8.67 Å². The summed E-state index contributed by atoms with van der Waals surface area (Å²) in [6, 6.07) is 1.82. The molecule has 0 aliphatic carbocycles. The maximum Gasteiger partial charge on any atom is 0.0992 e. The van der Waals surface area contributed by atoms with Crippen molar-refractivity contribution in [2.75, 3.05) is 0 Å². The standard InChI is InChI=1S/C9H12Cl2N2S/c1-5(2)3-7(13-12)6-4-8(10)14-9(6)11/h4,7,13H,1,3,12H2,2H3. The maximum absolute atomic E-state index is 6.01. The summed E-state index contributed by atoms with van der Waals surface area (Å²) in [6.07, 6.45) is 0.753. The van der Waals surface area contributed by atoms with Gasteiger partial charge < -0.3 is 0 Å². The third kappa shape index (κ3) is 2.97. The van der Waals surface area contributed by atoms with E-state index >= 15 is 0 Å². The van der Waals surface area contributed by atoms with Crippen molar-refractivity contribution in [3.05, 3.63) is 32.5 Å². The lowest BCUT2D eigenvalue weighted by molar-refractivity contribution is 0.552. The van der Waals surface area contributed by atoms with Gasteiger partial charge in [0.25, 0.3) is 0 Å². The van der Waals surface area contributed by atoms with Crippen molar-refractivity contribution in [2.24, 2.45) is 5.84 Å². The van der Waals surface area contributed by atoms with Crippen LogP contribution in [0, 0.1) is 0 Å². The Morgan fingerprint density at radius 1 is 1.71 bits per heavy atom. The molecule has 14 heavy (non-hydrogen) atoms. The highest BCUT2D eigenvalue weighted by Gasteiger charge is 2.16. The summed E-state index contributed by atoms with van der Waals surface area (Å²) in [5, 5.41) is 0. The Morgan fingerprint density at radius 3 is 2.71 bits per heavy atom. The van der Waals surface area contributed by atoms with Gasteiger partial charge in [0.15, 0.2) is 0 Å². The van der Waals surface area contributed by atoms with Gasteiger partial charge in [-0.2, -0.15) is 0 Å². The van der Waals surface area contributed by atoms with Crippen molar-refractivity contribution in [3.63, 3.8) is 0 Å². The molecule has 0 aromatic carbocycles. The minimum absolute atomic E-state index is 0.0104. The molecule has 0 saturated carbocycles. The number of halogens is 2. The van der Waals surface area contributed by atoms with Gasteiger partial charge in [0.05, 0.1) is 14.7 Å². The van der Waals surface area contributed by atoms with Gasteiger partial charge in [-0.3, -0.25) is 11.3 Å². The van der Waals surface area contributed by atoms with E-state index in [1.807, 2.05) is 13.0 Å². The van der Waals surface area contributed by atoms with E-state index in [1.54, 1.807) is 0 Å². The molecule has 0 radical (unpaired) electrons. The Bertz CT molecular complexity index is 336. The van der Waals surface area contributed by atoms with Crippen LogP contribution in [0.3, 0.4) is 0 Å². The second kappa shape index (κ2) is 5.14. The fourth-order valence-corrected chi connectivity index (χ4v) is 2.78. The van der Waals surface area contributed by atoms with Gasteiger partial charge in [-0.05, 0) is 19.4 Å². The molecule has 0 amide bonds. The van der Waals surface area contributed by atoms with Crippen LogP contribution < -0.4 is 11.3 Å². The van der Waals surface area contributed by atoms with Gasteiger partial charge in [-0.25, -0.2) is 0 Å². The van der Waals surface area contributed by atoms with Gasteiger partial charge in [0.2, 0.25) is 0 Å². The number of hydrazine groups is 1. The average molecular weight is 251 g/mol. The second-order valence-electron chi connectivity index (χ2n) is 3.16. The first-order chi connectivity index (χ1) is 6.54. The topological polar surface area (TPSA) is 38.0 Å². The molecule has 1 heterocycles. The van der Waals surface area contributed by atoms with Crippen molar-refractivity contribution >= 4 is 34.5 Å². The minimum atomic E-state index is -0.0104. The lowest BCUT2D eigenvalue weighted by atomic mass is 10.0. The smallest absolute Gasteiger partial charge is 0.0992 e.